The zero-order valence-electron chi connectivity index (χ0n) is 11.4. The Hall–Kier alpha value is -2.49. The van der Waals surface area contributed by atoms with E-state index in [1.165, 1.54) is 4.88 Å². The van der Waals surface area contributed by atoms with Gasteiger partial charge >= 0.3 is 0 Å². The van der Waals surface area contributed by atoms with E-state index in [-0.39, 0.29) is 0 Å². The third kappa shape index (κ3) is 2.03. The molecule has 0 saturated heterocycles. The predicted octanol–water partition coefficient (Wildman–Crippen LogP) is 4.25. The molecule has 22 heavy (non-hydrogen) atoms. The first-order valence-corrected chi connectivity index (χ1v) is 8.45. The maximum absolute atomic E-state index is 9.22. The van der Waals surface area contributed by atoms with Gasteiger partial charge in [0.1, 0.15) is 5.69 Å². The second-order valence-corrected chi connectivity index (χ2v) is 6.46. The highest BCUT2D eigenvalue weighted by atomic mass is 32.1. The van der Waals surface area contributed by atoms with Crippen molar-refractivity contribution in [1.82, 2.24) is 14.4 Å². The summed E-state index contributed by atoms with van der Waals surface area (Å²) in [5, 5.41) is 13.4. The van der Waals surface area contributed by atoms with E-state index in [0.717, 1.165) is 27.7 Å². The van der Waals surface area contributed by atoms with E-state index in [1.807, 2.05) is 24.3 Å². The molecular weight excluding hydrogens is 312 g/mol. The summed E-state index contributed by atoms with van der Waals surface area (Å²) in [5.74, 6) is 0. The van der Waals surface area contributed by atoms with Gasteiger partial charge in [-0.05, 0) is 23.6 Å². The highest BCUT2D eigenvalue weighted by Gasteiger charge is 2.19. The van der Waals surface area contributed by atoms with E-state index in [9.17, 15) is 5.26 Å². The number of pyridine rings is 1. The fourth-order valence-corrected chi connectivity index (χ4v) is 4.17. The highest BCUT2D eigenvalue weighted by Crippen LogP contribution is 2.34. The first kappa shape index (κ1) is 13.2. The molecule has 0 unspecified atom stereocenters. The van der Waals surface area contributed by atoms with Gasteiger partial charge in [0.05, 0.1) is 34.4 Å². The molecule has 0 bridgehead atoms. The summed E-state index contributed by atoms with van der Waals surface area (Å²) in [6.45, 7) is 0. The lowest BCUT2D eigenvalue weighted by Crippen LogP contribution is -1.95. The molecule has 4 aromatic heterocycles. The van der Waals surface area contributed by atoms with E-state index in [1.54, 1.807) is 28.9 Å². The summed E-state index contributed by atoms with van der Waals surface area (Å²) in [6, 6.07) is 12.1. The molecule has 0 aliphatic heterocycles. The van der Waals surface area contributed by atoms with Crippen molar-refractivity contribution in [2.75, 3.05) is 0 Å². The van der Waals surface area contributed by atoms with Crippen LogP contribution in [0.5, 0.6) is 0 Å². The molecule has 0 aromatic carbocycles. The zero-order chi connectivity index (χ0) is 14.9. The van der Waals surface area contributed by atoms with E-state index >= 15 is 0 Å². The summed E-state index contributed by atoms with van der Waals surface area (Å²) in [6.07, 6.45) is 2.06. The maximum atomic E-state index is 9.22. The number of thiophene rings is 1. The molecule has 0 saturated carbocycles. The molecule has 4 nitrogen and oxygen atoms in total. The molecule has 4 aromatic rings. The van der Waals surface area contributed by atoms with Crippen LogP contribution in [0.4, 0.5) is 0 Å². The van der Waals surface area contributed by atoms with Crippen LogP contribution in [0.1, 0.15) is 5.69 Å². The van der Waals surface area contributed by atoms with Crippen LogP contribution >= 0.6 is 22.7 Å². The van der Waals surface area contributed by atoms with Crippen LogP contribution in [-0.2, 0) is 6.42 Å². The highest BCUT2D eigenvalue weighted by molar-refractivity contribution is 7.17. The van der Waals surface area contributed by atoms with Gasteiger partial charge in [-0.2, -0.15) is 5.26 Å². The SMILES string of the molecule is N#CCc1c(-c2ccccn2)nc2scc(-c3cccs3)n12. The number of hydrogen-bond donors (Lipinski definition) is 0. The van der Waals surface area contributed by atoms with Crippen LogP contribution in [0.25, 0.3) is 26.9 Å². The van der Waals surface area contributed by atoms with Gasteiger partial charge in [0.25, 0.3) is 0 Å². The van der Waals surface area contributed by atoms with Gasteiger partial charge in [0, 0.05) is 11.6 Å². The molecule has 6 heteroatoms. The van der Waals surface area contributed by atoms with Crippen molar-refractivity contribution in [3.63, 3.8) is 0 Å². The van der Waals surface area contributed by atoms with Crippen LogP contribution in [-0.4, -0.2) is 14.4 Å². The van der Waals surface area contributed by atoms with Gasteiger partial charge in [0.15, 0.2) is 4.96 Å². The Balaban J connectivity index is 2.00. The lowest BCUT2D eigenvalue weighted by molar-refractivity contribution is 1.08. The second kappa shape index (κ2) is 5.37. The van der Waals surface area contributed by atoms with Crippen LogP contribution in [0.2, 0.25) is 0 Å². The topological polar surface area (TPSA) is 54.0 Å². The monoisotopic (exact) mass is 322 g/mol. The average Bonchev–Trinajstić information content (AvgIpc) is 3.25. The van der Waals surface area contributed by atoms with Crippen LogP contribution < -0.4 is 0 Å². The minimum absolute atomic E-state index is 0.308. The van der Waals surface area contributed by atoms with Crippen molar-refractivity contribution in [3.8, 4) is 28.0 Å². The second-order valence-electron chi connectivity index (χ2n) is 4.67. The van der Waals surface area contributed by atoms with E-state index in [0.29, 0.717) is 6.42 Å². The van der Waals surface area contributed by atoms with Gasteiger partial charge in [0.2, 0.25) is 0 Å². The predicted molar refractivity (Wildman–Crippen MR) is 88.9 cm³/mol. The smallest absolute Gasteiger partial charge is 0.195 e. The third-order valence-electron chi connectivity index (χ3n) is 3.39. The van der Waals surface area contributed by atoms with Crippen molar-refractivity contribution in [3.05, 3.63) is 53.0 Å². The number of hydrogen-bond acceptors (Lipinski definition) is 5. The minimum Gasteiger partial charge on any atom is -0.285 e. The molecule has 0 radical (unpaired) electrons. The molecule has 0 fully saturated rings. The number of rotatable bonds is 3. The maximum Gasteiger partial charge on any atom is 0.195 e. The Morgan fingerprint density at radius 2 is 2.14 bits per heavy atom. The van der Waals surface area contributed by atoms with Crippen molar-refractivity contribution >= 4 is 27.6 Å². The fraction of sp³-hybridized carbons (Fsp3) is 0.0625. The third-order valence-corrected chi connectivity index (χ3v) is 5.10. The van der Waals surface area contributed by atoms with Crippen LogP contribution in [0.3, 0.4) is 0 Å². The standard InChI is InChI=1S/C16H10N4S2/c17-7-6-12-15(11-4-1-2-8-18-11)19-16-20(12)13(10-22-16)14-5-3-9-21-14/h1-5,8-10H,6H2. The van der Waals surface area contributed by atoms with Crippen molar-refractivity contribution in [1.29, 1.82) is 5.26 Å². The molecule has 4 rings (SSSR count). The Bertz CT molecular complexity index is 959. The van der Waals surface area contributed by atoms with Gasteiger partial charge in [-0.3, -0.25) is 9.38 Å². The number of aromatic nitrogens is 3. The molecule has 0 amide bonds. The number of fused-ring (bicyclic) bond motifs is 1. The Morgan fingerprint density at radius 1 is 1.18 bits per heavy atom. The zero-order valence-corrected chi connectivity index (χ0v) is 13.1. The number of thiazole rings is 1. The van der Waals surface area contributed by atoms with Crippen LogP contribution in [0.15, 0.2) is 47.3 Å². The summed E-state index contributed by atoms with van der Waals surface area (Å²) >= 11 is 3.28. The average molecular weight is 322 g/mol. The largest absolute Gasteiger partial charge is 0.285 e. The van der Waals surface area contributed by atoms with Gasteiger partial charge in [-0.1, -0.05) is 12.1 Å². The van der Waals surface area contributed by atoms with Crippen molar-refractivity contribution < 1.29 is 0 Å². The normalized spacial score (nSPS) is 10.9. The van der Waals surface area contributed by atoms with Gasteiger partial charge < -0.3 is 0 Å². The number of nitriles is 1. The molecule has 4 heterocycles. The Kier molecular flexibility index (Phi) is 3.22. The van der Waals surface area contributed by atoms with E-state index in [2.05, 4.69) is 32.3 Å². The molecule has 106 valence electrons. The Labute approximate surface area is 135 Å². The lowest BCUT2D eigenvalue weighted by Gasteiger charge is -2.02. The Morgan fingerprint density at radius 3 is 2.86 bits per heavy atom. The van der Waals surface area contributed by atoms with E-state index in [4.69, 9.17) is 4.98 Å². The number of nitrogens with zero attached hydrogens (tertiary/aromatic N) is 4. The molecule has 0 aliphatic carbocycles. The lowest BCUT2D eigenvalue weighted by atomic mass is 10.2. The first-order valence-electron chi connectivity index (χ1n) is 6.69. The van der Waals surface area contributed by atoms with Gasteiger partial charge in [-0.25, -0.2) is 4.98 Å². The van der Waals surface area contributed by atoms with Gasteiger partial charge in [-0.15, -0.1) is 22.7 Å². The quantitative estimate of drug-likeness (QED) is 0.566. The molecule has 0 atom stereocenters. The first-order chi connectivity index (χ1) is 10.9. The summed E-state index contributed by atoms with van der Waals surface area (Å²) in [7, 11) is 0. The number of imidazole rings is 1. The summed E-state index contributed by atoms with van der Waals surface area (Å²) < 4.78 is 2.09. The van der Waals surface area contributed by atoms with E-state index < -0.39 is 0 Å². The minimum atomic E-state index is 0.308. The molecule has 0 N–H and O–H groups in total. The molecular formula is C16H10N4S2. The molecule has 0 aliphatic rings. The fourth-order valence-electron chi connectivity index (χ4n) is 2.46. The van der Waals surface area contributed by atoms with Crippen molar-refractivity contribution in [2.24, 2.45) is 0 Å². The van der Waals surface area contributed by atoms with Crippen molar-refractivity contribution in [2.45, 2.75) is 6.42 Å². The van der Waals surface area contributed by atoms with Crippen LogP contribution in [0, 0.1) is 11.3 Å². The summed E-state index contributed by atoms with van der Waals surface area (Å²) in [4.78, 5) is 11.2. The molecule has 0 spiro atoms. The summed E-state index contributed by atoms with van der Waals surface area (Å²) in [5.41, 5.74) is 3.60.